The van der Waals surface area contributed by atoms with Gasteiger partial charge in [0.05, 0.1) is 18.8 Å². The van der Waals surface area contributed by atoms with Gasteiger partial charge >= 0.3 is 0 Å². The molecule has 2 fully saturated rings. The molecule has 0 aromatic carbocycles. The van der Waals surface area contributed by atoms with Crippen LogP contribution in [0.1, 0.15) is 37.7 Å². The molecule has 1 saturated heterocycles. The molecule has 3 rings (SSSR count). The summed E-state index contributed by atoms with van der Waals surface area (Å²) >= 11 is 1.72. The minimum atomic E-state index is -0.525. The van der Waals surface area contributed by atoms with Crippen molar-refractivity contribution in [2.75, 3.05) is 13.2 Å². The SMILES string of the molecule is OC1(CCc2ccsc2)CCC2(CC1)OCCO2. The first-order valence-corrected chi connectivity index (χ1v) is 7.66. The van der Waals surface area contributed by atoms with Crippen LogP contribution in [0.4, 0.5) is 0 Å². The molecule has 0 amide bonds. The van der Waals surface area contributed by atoms with Crippen LogP contribution in [0.15, 0.2) is 16.8 Å². The highest BCUT2D eigenvalue weighted by Gasteiger charge is 2.45. The molecule has 1 saturated carbocycles. The average molecular weight is 268 g/mol. The van der Waals surface area contributed by atoms with E-state index in [1.165, 1.54) is 5.56 Å². The van der Waals surface area contributed by atoms with E-state index in [9.17, 15) is 5.11 Å². The van der Waals surface area contributed by atoms with Gasteiger partial charge in [-0.05, 0) is 48.1 Å². The Morgan fingerprint density at radius 3 is 2.50 bits per heavy atom. The number of aryl methyl sites for hydroxylation is 1. The maximum absolute atomic E-state index is 10.6. The average Bonchev–Trinajstić information content (AvgIpc) is 3.04. The predicted molar refractivity (Wildman–Crippen MR) is 70.7 cm³/mol. The van der Waals surface area contributed by atoms with Crippen molar-refractivity contribution in [3.8, 4) is 0 Å². The van der Waals surface area contributed by atoms with Crippen molar-refractivity contribution in [3.05, 3.63) is 22.4 Å². The standard InChI is InChI=1S/C14H20O3S/c15-13(3-1-12-2-10-18-11-12)4-6-14(7-5-13)16-8-9-17-14/h2,10-11,15H,1,3-9H2. The third kappa shape index (κ3) is 2.62. The van der Waals surface area contributed by atoms with Crippen LogP contribution in [0.5, 0.6) is 0 Å². The zero-order chi connectivity index (χ0) is 12.5. The third-order valence-electron chi connectivity index (χ3n) is 4.22. The van der Waals surface area contributed by atoms with Crippen molar-refractivity contribution < 1.29 is 14.6 Å². The molecular weight excluding hydrogens is 248 g/mol. The van der Waals surface area contributed by atoms with Crippen molar-refractivity contribution in [3.63, 3.8) is 0 Å². The van der Waals surface area contributed by atoms with E-state index in [1.54, 1.807) is 11.3 Å². The summed E-state index contributed by atoms with van der Waals surface area (Å²) in [4.78, 5) is 0. The molecular formula is C14H20O3S. The Morgan fingerprint density at radius 1 is 1.17 bits per heavy atom. The molecule has 1 aliphatic heterocycles. The summed E-state index contributed by atoms with van der Waals surface area (Å²) in [5.41, 5.74) is 0.810. The van der Waals surface area contributed by atoms with Gasteiger partial charge in [-0.15, -0.1) is 0 Å². The van der Waals surface area contributed by atoms with Gasteiger partial charge in [-0.1, -0.05) is 0 Å². The second-order valence-corrected chi connectivity index (χ2v) is 6.24. The zero-order valence-electron chi connectivity index (χ0n) is 10.6. The quantitative estimate of drug-likeness (QED) is 0.916. The van der Waals surface area contributed by atoms with Crippen LogP contribution in [-0.4, -0.2) is 29.7 Å². The van der Waals surface area contributed by atoms with Gasteiger partial charge in [0, 0.05) is 12.8 Å². The number of hydrogen-bond acceptors (Lipinski definition) is 4. The van der Waals surface area contributed by atoms with Crippen molar-refractivity contribution >= 4 is 11.3 Å². The van der Waals surface area contributed by atoms with Crippen LogP contribution < -0.4 is 0 Å². The van der Waals surface area contributed by atoms with Gasteiger partial charge in [-0.2, -0.15) is 11.3 Å². The lowest BCUT2D eigenvalue weighted by Gasteiger charge is -2.40. The van der Waals surface area contributed by atoms with Gasteiger partial charge < -0.3 is 14.6 Å². The third-order valence-corrected chi connectivity index (χ3v) is 4.95. The number of aliphatic hydroxyl groups is 1. The highest BCUT2D eigenvalue weighted by atomic mass is 32.1. The monoisotopic (exact) mass is 268 g/mol. The lowest BCUT2D eigenvalue weighted by molar-refractivity contribution is -0.203. The molecule has 1 spiro atoms. The summed E-state index contributed by atoms with van der Waals surface area (Å²) in [5.74, 6) is -0.366. The van der Waals surface area contributed by atoms with E-state index >= 15 is 0 Å². The van der Waals surface area contributed by atoms with Crippen molar-refractivity contribution in [1.29, 1.82) is 0 Å². The summed E-state index contributed by atoms with van der Waals surface area (Å²) in [5, 5.41) is 14.9. The minimum absolute atomic E-state index is 0.366. The molecule has 0 unspecified atom stereocenters. The van der Waals surface area contributed by atoms with E-state index < -0.39 is 5.60 Å². The Morgan fingerprint density at radius 2 is 1.89 bits per heavy atom. The normalized spacial score (nSPS) is 25.6. The molecule has 18 heavy (non-hydrogen) atoms. The molecule has 4 heteroatoms. The molecule has 1 aromatic rings. The minimum Gasteiger partial charge on any atom is -0.390 e. The largest absolute Gasteiger partial charge is 0.390 e. The molecule has 1 aromatic heterocycles. The van der Waals surface area contributed by atoms with E-state index in [0.717, 1.165) is 38.5 Å². The number of ether oxygens (including phenoxy) is 2. The van der Waals surface area contributed by atoms with Gasteiger partial charge in [0.15, 0.2) is 5.79 Å². The number of thiophene rings is 1. The summed E-state index contributed by atoms with van der Waals surface area (Å²) in [6.07, 6.45) is 5.04. The Hall–Kier alpha value is -0.420. The van der Waals surface area contributed by atoms with Crippen LogP contribution in [0, 0.1) is 0 Å². The van der Waals surface area contributed by atoms with Crippen LogP contribution in [-0.2, 0) is 15.9 Å². The number of rotatable bonds is 3. The van der Waals surface area contributed by atoms with Crippen LogP contribution >= 0.6 is 11.3 Å². The zero-order valence-corrected chi connectivity index (χ0v) is 11.4. The van der Waals surface area contributed by atoms with E-state index in [4.69, 9.17) is 9.47 Å². The van der Waals surface area contributed by atoms with Gasteiger partial charge in [0.25, 0.3) is 0 Å². The second-order valence-electron chi connectivity index (χ2n) is 5.46. The van der Waals surface area contributed by atoms with Crippen LogP contribution in [0.25, 0.3) is 0 Å². The second kappa shape index (κ2) is 4.93. The highest BCUT2D eigenvalue weighted by molar-refractivity contribution is 7.07. The first-order valence-electron chi connectivity index (χ1n) is 6.71. The lowest BCUT2D eigenvalue weighted by atomic mass is 9.78. The maximum atomic E-state index is 10.6. The summed E-state index contributed by atoms with van der Waals surface area (Å²) in [6.45, 7) is 1.40. The molecule has 0 radical (unpaired) electrons. The molecule has 0 bridgehead atoms. The fourth-order valence-electron chi connectivity index (χ4n) is 2.94. The van der Waals surface area contributed by atoms with Crippen molar-refractivity contribution in [1.82, 2.24) is 0 Å². The maximum Gasteiger partial charge on any atom is 0.168 e. The lowest BCUT2D eigenvalue weighted by Crippen LogP contribution is -2.43. The Bertz CT molecular complexity index is 372. The topological polar surface area (TPSA) is 38.7 Å². The first kappa shape index (κ1) is 12.6. The van der Waals surface area contributed by atoms with E-state index in [1.807, 2.05) is 0 Å². The Balaban J connectivity index is 1.53. The fourth-order valence-corrected chi connectivity index (χ4v) is 3.65. The van der Waals surface area contributed by atoms with Gasteiger partial charge in [-0.25, -0.2) is 0 Å². The van der Waals surface area contributed by atoms with Crippen LogP contribution in [0.2, 0.25) is 0 Å². The first-order chi connectivity index (χ1) is 8.70. The molecule has 1 aliphatic carbocycles. The van der Waals surface area contributed by atoms with Crippen molar-refractivity contribution in [2.45, 2.75) is 49.9 Å². The predicted octanol–water partition coefficient (Wildman–Crippen LogP) is 2.73. The molecule has 2 heterocycles. The van der Waals surface area contributed by atoms with E-state index in [2.05, 4.69) is 16.8 Å². The summed E-state index contributed by atoms with van der Waals surface area (Å²) in [7, 11) is 0. The Kier molecular flexibility index (Phi) is 3.45. The van der Waals surface area contributed by atoms with E-state index in [-0.39, 0.29) is 5.79 Å². The fraction of sp³-hybridized carbons (Fsp3) is 0.714. The summed E-state index contributed by atoms with van der Waals surface area (Å²) in [6, 6.07) is 2.14. The molecule has 0 atom stereocenters. The molecule has 1 N–H and O–H groups in total. The summed E-state index contributed by atoms with van der Waals surface area (Å²) < 4.78 is 11.4. The number of hydrogen-bond donors (Lipinski definition) is 1. The molecule has 100 valence electrons. The van der Waals surface area contributed by atoms with E-state index in [0.29, 0.717) is 13.2 Å². The van der Waals surface area contributed by atoms with Crippen LogP contribution in [0.3, 0.4) is 0 Å². The molecule has 3 nitrogen and oxygen atoms in total. The smallest absolute Gasteiger partial charge is 0.168 e. The highest BCUT2D eigenvalue weighted by Crippen LogP contribution is 2.41. The van der Waals surface area contributed by atoms with Gasteiger partial charge in [-0.3, -0.25) is 0 Å². The molecule has 2 aliphatic rings. The van der Waals surface area contributed by atoms with Gasteiger partial charge in [0.1, 0.15) is 0 Å². The van der Waals surface area contributed by atoms with Crippen molar-refractivity contribution in [2.24, 2.45) is 0 Å². The Labute approximate surface area is 112 Å². The van der Waals surface area contributed by atoms with Gasteiger partial charge in [0.2, 0.25) is 0 Å².